The second kappa shape index (κ2) is 6.66. The Morgan fingerprint density at radius 2 is 1.85 bits per heavy atom. The summed E-state index contributed by atoms with van der Waals surface area (Å²) in [5.74, 6) is -0.289. The van der Waals surface area contributed by atoms with Crippen molar-refractivity contribution in [2.75, 3.05) is 19.0 Å². The first-order chi connectivity index (χ1) is 9.61. The molecule has 0 bridgehead atoms. The fraction of sp³-hybridized carbons (Fsp3) is 0.267. The normalized spacial score (nSPS) is 11.0. The van der Waals surface area contributed by atoms with E-state index >= 15 is 0 Å². The third kappa shape index (κ3) is 3.45. The molecule has 0 unspecified atom stereocenters. The van der Waals surface area contributed by atoms with Crippen molar-refractivity contribution < 1.29 is 13.6 Å². The number of benzene rings is 2. The maximum atomic E-state index is 12.5. The minimum absolute atomic E-state index is 0.109. The summed E-state index contributed by atoms with van der Waals surface area (Å²) >= 11 is 5.57. The molecule has 2 rings (SSSR count). The van der Waals surface area contributed by atoms with Gasteiger partial charge in [0.15, 0.2) is 0 Å². The first kappa shape index (κ1) is 14.7. The SMILES string of the molecule is O=C(c1ccc2ccccc2c1)N(CCCl)CC(F)F. The molecule has 0 saturated heterocycles. The largest absolute Gasteiger partial charge is 0.332 e. The van der Waals surface area contributed by atoms with Crippen molar-refractivity contribution >= 4 is 28.3 Å². The first-order valence-electron chi connectivity index (χ1n) is 6.24. The number of halogens is 3. The van der Waals surface area contributed by atoms with Crippen molar-refractivity contribution in [2.45, 2.75) is 6.43 Å². The van der Waals surface area contributed by atoms with Crippen molar-refractivity contribution in [3.8, 4) is 0 Å². The molecule has 20 heavy (non-hydrogen) atoms. The zero-order chi connectivity index (χ0) is 14.5. The van der Waals surface area contributed by atoms with Gasteiger partial charge in [0.25, 0.3) is 12.3 Å². The lowest BCUT2D eigenvalue weighted by atomic mass is 10.1. The molecule has 0 aliphatic rings. The standard InChI is InChI=1S/C15H14ClF2NO/c16-7-8-19(10-14(17)18)15(20)13-6-5-11-3-1-2-4-12(11)9-13/h1-6,9,14H,7-8,10H2. The predicted octanol–water partition coefficient (Wildman–Crippen LogP) is 3.79. The van der Waals surface area contributed by atoms with Crippen molar-refractivity contribution in [2.24, 2.45) is 0 Å². The number of hydrogen-bond donors (Lipinski definition) is 0. The van der Waals surface area contributed by atoms with Crippen LogP contribution >= 0.6 is 11.6 Å². The average molecular weight is 298 g/mol. The number of fused-ring (bicyclic) bond motifs is 1. The predicted molar refractivity (Wildman–Crippen MR) is 76.6 cm³/mol. The average Bonchev–Trinajstić information content (AvgIpc) is 2.45. The Labute approximate surface area is 120 Å². The fourth-order valence-electron chi connectivity index (χ4n) is 2.05. The molecule has 0 radical (unpaired) electrons. The number of amides is 1. The molecule has 106 valence electrons. The summed E-state index contributed by atoms with van der Waals surface area (Å²) in [6.45, 7) is -0.490. The van der Waals surface area contributed by atoms with Gasteiger partial charge in [-0.05, 0) is 22.9 Å². The van der Waals surface area contributed by atoms with Crippen LogP contribution in [0, 0.1) is 0 Å². The highest BCUT2D eigenvalue weighted by molar-refractivity contribution is 6.18. The van der Waals surface area contributed by atoms with Gasteiger partial charge in [-0.3, -0.25) is 4.79 Å². The van der Waals surface area contributed by atoms with E-state index in [0.717, 1.165) is 15.7 Å². The van der Waals surface area contributed by atoms with Crippen LogP contribution in [-0.4, -0.2) is 36.2 Å². The van der Waals surface area contributed by atoms with Crippen LogP contribution in [0.15, 0.2) is 42.5 Å². The molecule has 0 heterocycles. The number of alkyl halides is 3. The highest BCUT2D eigenvalue weighted by Gasteiger charge is 2.19. The highest BCUT2D eigenvalue weighted by Crippen LogP contribution is 2.17. The van der Waals surface area contributed by atoms with Gasteiger partial charge in [-0.2, -0.15) is 0 Å². The summed E-state index contributed by atoms with van der Waals surface area (Å²) < 4.78 is 25.0. The molecule has 0 aliphatic heterocycles. The minimum Gasteiger partial charge on any atom is -0.332 e. The third-order valence-corrected chi connectivity index (χ3v) is 3.17. The zero-order valence-corrected chi connectivity index (χ0v) is 11.5. The molecular weight excluding hydrogens is 284 g/mol. The number of carbonyl (C=O) groups excluding carboxylic acids is 1. The molecule has 2 aromatic rings. The van der Waals surface area contributed by atoms with E-state index in [2.05, 4.69) is 0 Å². The van der Waals surface area contributed by atoms with E-state index in [1.54, 1.807) is 12.1 Å². The van der Waals surface area contributed by atoms with E-state index in [1.807, 2.05) is 30.3 Å². The van der Waals surface area contributed by atoms with Crippen LogP contribution in [0.1, 0.15) is 10.4 Å². The van der Waals surface area contributed by atoms with E-state index in [1.165, 1.54) is 0 Å². The molecule has 0 aliphatic carbocycles. The van der Waals surface area contributed by atoms with Crippen molar-refractivity contribution in [1.82, 2.24) is 4.90 Å². The van der Waals surface area contributed by atoms with Gasteiger partial charge in [0.1, 0.15) is 0 Å². The quantitative estimate of drug-likeness (QED) is 0.769. The second-order valence-corrected chi connectivity index (χ2v) is 4.77. The number of carbonyl (C=O) groups is 1. The van der Waals surface area contributed by atoms with Crippen molar-refractivity contribution in [1.29, 1.82) is 0 Å². The van der Waals surface area contributed by atoms with Crippen LogP contribution < -0.4 is 0 Å². The van der Waals surface area contributed by atoms with Crippen LogP contribution in [0.3, 0.4) is 0 Å². The van der Waals surface area contributed by atoms with Crippen molar-refractivity contribution in [3.63, 3.8) is 0 Å². The highest BCUT2D eigenvalue weighted by atomic mass is 35.5. The summed E-state index contributed by atoms with van der Waals surface area (Å²) in [6.07, 6.45) is -2.57. The molecule has 0 fully saturated rings. The van der Waals surface area contributed by atoms with E-state index in [4.69, 9.17) is 11.6 Å². The maximum Gasteiger partial charge on any atom is 0.255 e. The second-order valence-electron chi connectivity index (χ2n) is 4.39. The van der Waals surface area contributed by atoms with Crippen LogP contribution in [0.2, 0.25) is 0 Å². The van der Waals surface area contributed by atoms with Gasteiger partial charge < -0.3 is 4.90 Å². The van der Waals surface area contributed by atoms with Gasteiger partial charge in [-0.1, -0.05) is 30.3 Å². The maximum absolute atomic E-state index is 12.5. The van der Waals surface area contributed by atoms with Gasteiger partial charge in [0.2, 0.25) is 0 Å². The number of hydrogen-bond acceptors (Lipinski definition) is 1. The van der Waals surface area contributed by atoms with Gasteiger partial charge in [-0.25, -0.2) is 8.78 Å². The summed E-state index contributed by atoms with van der Waals surface area (Å²) in [7, 11) is 0. The molecule has 2 aromatic carbocycles. The smallest absolute Gasteiger partial charge is 0.255 e. The number of rotatable bonds is 5. The van der Waals surface area contributed by atoms with Crippen LogP contribution in [0.5, 0.6) is 0 Å². The Morgan fingerprint density at radius 1 is 1.15 bits per heavy atom. The molecule has 2 nitrogen and oxygen atoms in total. The summed E-state index contributed by atoms with van der Waals surface area (Å²) in [4.78, 5) is 13.3. The molecule has 5 heteroatoms. The van der Waals surface area contributed by atoms with E-state index in [9.17, 15) is 13.6 Å². The summed E-state index contributed by atoms with van der Waals surface area (Å²) in [5.41, 5.74) is 0.398. The summed E-state index contributed by atoms with van der Waals surface area (Å²) in [5, 5.41) is 1.91. The molecule has 0 aromatic heterocycles. The molecule has 0 N–H and O–H groups in total. The van der Waals surface area contributed by atoms with Crippen LogP contribution in [-0.2, 0) is 0 Å². The fourth-order valence-corrected chi connectivity index (χ4v) is 2.25. The zero-order valence-electron chi connectivity index (χ0n) is 10.7. The molecular formula is C15H14ClF2NO. The Hall–Kier alpha value is -1.68. The summed E-state index contributed by atoms with van der Waals surface area (Å²) in [6, 6.07) is 12.8. The van der Waals surface area contributed by atoms with Gasteiger partial charge in [0, 0.05) is 18.0 Å². The minimum atomic E-state index is -2.57. The van der Waals surface area contributed by atoms with Crippen molar-refractivity contribution in [3.05, 3.63) is 48.0 Å². The first-order valence-corrected chi connectivity index (χ1v) is 6.77. The lowest BCUT2D eigenvalue weighted by molar-refractivity contribution is 0.0571. The Morgan fingerprint density at radius 3 is 2.50 bits per heavy atom. The monoisotopic (exact) mass is 297 g/mol. The van der Waals surface area contributed by atoms with Gasteiger partial charge in [0.05, 0.1) is 6.54 Å². The lowest BCUT2D eigenvalue weighted by Crippen LogP contribution is -2.36. The van der Waals surface area contributed by atoms with Gasteiger partial charge in [-0.15, -0.1) is 11.6 Å². The van der Waals surface area contributed by atoms with E-state index in [-0.39, 0.29) is 12.4 Å². The van der Waals surface area contributed by atoms with E-state index < -0.39 is 18.9 Å². The lowest BCUT2D eigenvalue weighted by Gasteiger charge is -2.21. The van der Waals surface area contributed by atoms with Crippen LogP contribution in [0.4, 0.5) is 8.78 Å². The topological polar surface area (TPSA) is 20.3 Å². The Bertz CT molecular complexity index is 603. The molecule has 1 amide bonds. The Kier molecular flexibility index (Phi) is 4.90. The Balaban J connectivity index is 2.28. The number of nitrogens with zero attached hydrogens (tertiary/aromatic N) is 1. The molecule has 0 saturated carbocycles. The van der Waals surface area contributed by atoms with Crippen LogP contribution in [0.25, 0.3) is 10.8 Å². The molecule has 0 spiro atoms. The van der Waals surface area contributed by atoms with E-state index in [0.29, 0.717) is 5.56 Å². The molecule has 0 atom stereocenters. The van der Waals surface area contributed by atoms with Gasteiger partial charge >= 0.3 is 0 Å². The third-order valence-electron chi connectivity index (χ3n) is 3.00.